The Balaban J connectivity index is 2.02. The molecule has 8 heteroatoms. The third-order valence-corrected chi connectivity index (χ3v) is 6.52. The molecule has 0 saturated carbocycles. The number of hydrogen-bond acceptors (Lipinski definition) is 4. The number of nitrogens with zero attached hydrogens (tertiary/aromatic N) is 1. The van der Waals surface area contributed by atoms with Crippen molar-refractivity contribution in [1.29, 1.82) is 0 Å². The van der Waals surface area contributed by atoms with Gasteiger partial charge in [-0.25, -0.2) is 12.8 Å². The van der Waals surface area contributed by atoms with Gasteiger partial charge in [-0.2, -0.15) is 0 Å². The van der Waals surface area contributed by atoms with E-state index >= 15 is 0 Å². The molecule has 0 amide bonds. The van der Waals surface area contributed by atoms with E-state index in [4.69, 9.17) is 16.3 Å². The molecule has 4 rings (SSSR count). The number of halogens is 2. The van der Waals surface area contributed by atoms with Gasteiger partial charge in [-0.3, -0.25) is 4.79 Å². The van der Waals surface area contributed by atoms with Crippen molar-refractivity contribution in [3.8, 4) is 0 Å². The molecule has 0 saturated heterocycles. The van der Waals surface area contributed by atoms with Crippen LogP contribution < -0.4 is 0 Å². The number of aryl methyl sites for hydroxylation is 1. The quantitative estimate of drug-likeness (QED) is 0.568. The van der Waals surface area contributed by atoms with Crippen LogP contribution in [0, 0.1) is 5.82 Å². The zero-order chi connectivity index (χ0) is 20.9. The predicted octanol–water partition coefficient (Wildman–Crippen LogP) is 4.44. The van der Waals surface area contributed by atoms with E-state index in [1.807, 2.05) is 16.7 Å². The number of hydrogen-bond donors (Lipinski definition) is 0. The van der Waals surface area contributed by atoms with Crippen molar-refractivity contribution >= 4 is 38.3 Å². The molecule has 1 aliphatic carbocycles. The lowest BCUT2D eigenvalue weighted by molar-refractivity contribution is -0.146. The Bertz CT molecular complexity index is 1230. The third kappa shape index (κ3) is 3.65. The minimum Gasteiger partial charge on any atom is -0.456 e. The van der Waals surface area contributed by atoms with Crippen LogP contribution in [-0.4, -0.2) is 25.2 Å². The van der Waals surface area contributed by atoms with Gasteiger partial charge in [0.2, 0.25) is 0 Å². The molecule has 0 radical (unpaired) electrons. The SMILES string of the molecule is CC(=O)OC1CCc2c1n(Cc1ccc(Cl)cc1)c1c(S(C)(=O)=O)cc(F)cc21. The van der Waals surface area contributed by atoms with Crippen LogP contribution in [0.3, 0.4) is 0 Å². The standard InChI is InChI=1S/C21H19ClFNO4S/c1-12(25)28-18-8-7-16-17-9-15(23)10-19(29(2,26)27)21(17)24(20(16)18)11-13-3-5-14(22)6-4-13/h3-6,9-10,18H,7-8,11H2,1-2H3. The van der Waals surface area contributed by atoms with Gasteiger partial charge in [0.05, 0.1) is 16.1 Å². The van der Waals surface area contributed by atoms with E-state index in [2.05, 4.69) is 0 Å². The molecule has 1 unspecified atom stereocenters. The van der Waals surface area contributed by atoms with Gasteiger partial charge < -0.3 is 9.30 Å². The summed E-state index contributed by atoms with van der Waals surface area (Å²) in [5.41, 5.74) is 2.88. The normalized spacial score (nSPS) is 16.2. The van der Waals surface area contributed by atoms with Gasteiger partial charge >= 0.3 is 5.97 Å². The average Bonchev–Trinajstić information content (AvgIpc) is 3.15. The van der Waals surface area contributed by atoms with Crippen molar-refractivity contribution in [2.24, 2.45) is 0 Å². The van der Waals surface area contributed by atoms with Crippen molar-refractivity contribution < 1.29 is 22.3 Å². The van der Waals surface area contributed by atoms with Crippen LogP contribution in [0.4, 0.5) is 4.39 Å². The summed E-state index contributed by atoms with van der Waals surface area (Å²) in [6, 6.07) is 9.61. The molecule has 1 aliphatic rings. The molecular formula is C21H19ClFNO4S. The van der Waals surface area contributed by atoms with Crippen molar-refractivity contribution in [1.82, 2.24) is 4.57 Å². The highest BCUT2D eigenvalue weighted by Crippen LogP contribution is 2.43. The largest absolute Gasteiger partial charge is 0.456 e. The molecule has 29 heavy (non-hydrogen) atoms. The van der Waals surface area contributed by atoms with Gasteiger partial charge in [-0.15, -0.1) is 0 Å². The molecule has 0 spiro atoms. The van der Waals surface area contributed by atoms with Crippen LogP contribution in [0.15, 0.2) is 41.3 Å². The zero-order valence-corrected chi connectivity index (χ0v) is 17.5. The van der Waals surface area contributed by atoms with E-state index in [0.29, 0.717) is 35.3 Å². The third-order valence-electron chi connectivity index (χ3n) is 5.16. The molecule has 152 valence electrons. The van der Waals surface area contributed by atoms with E-state index in [-0.39, 0.29) is 4.90 Å². The Hall–Kier alpha value is -2.38. The topological polar surface area (TPSA) is 65.4 Å². The molecule has 1 aromatic heterocycles. The first-order valence-corrected chi connectivity index (χ1v) is 11.4. The van der Waals surface area contributed by atoms with Crippen LogP contribution in [0.2, 0.25) is 5.02 Å². The number of fused-ring (bicyclic) bond motifs is 3. The first kappa shape index (κ1) is 19.9. The number of carbonyl (C=O) groups excluding carboxylic acids is 1. The Morgan fingerprint density at radius 1 is 1.28 bits per heavy atom. The Morgan fingerprint density at radius 3 is 2.59 bits per heavy atom. The maximum absolute atomic E-state index is 14.3. The molecule has 1 heterocycles. The summed E-state index contributed by atoms with van der Waals surface area (Å²) < 4.78 is 46.5. The highest BCUT2D eigenvalue weighted by Gasteiger charge is 2.34. The maximum Gasteiger partial charge on any atom is 0.303 e. The van der Waals surface area contributed by atoms with Crippen molar-refractivity contribution in [2.75, 3.05) is 6.26 Å². The molecule has 0 aliphatic heterocycles. The van der Waals surface area contributed by atoms with Crippen LogP contribution in [0.1, 0.15) is 36.3 Å². The van der Waals surface area contributed by atoms with Crippen LogP contribution in [0.25, 0.3) is 10.9 Å². The van der Waals surface area contributed by atoms with Gasteiger partial charge in [-0.1, -0.05) is 23.7 Å². The van der Waals surface area contributed by atoms with Gasteiger partial charge in [-0.05, 0) is 48.2 Å². The van der Waals surface area contributed by atoms with Crippen molar-refractivity contribution in [3.63, 3.8) is 0 Å². The van der Waals surface area contributed by atoms with Gasteiger partial charge in [0, 0.05) is 30.1 Å². The highest BCUT2D eigenvalue weighted by atomic mass is 35.5. The van der Waals surface area contributed by atoms with E-state index in [1.54, 1.807) is 12.1 Å². The summed E-state index contributed by atoms with van der Waals surface area (Å²) in [5, 5.41) is 1.14. The minimum absolute atomic E-state index is 0.0718. The smallest absolute Gasteiger partial charge is 0.303 e. The number of carbonyl (C=O) groups is 1. The van der Waals surface area contributed by atoms with E-state index in [1.165, 1.54) is 13.0 Å². The second kappa shape index (κ2) is 7.15. The van der Waals surface area contributed by atoms with Crippen LogP contribution in [0.5, 0.6) is 0 Å². The lowest BCUT2D eigenvalue weighted by atomic mass is 10.1. The molecule has 2 aromatic carbocycles. The summed E-state index contributed by atoms with van der Waals surface area (Å²) in [5.74, 6) is -1.03. The number of benzene rings is 2. The molecule has 3 aromatic rings. The summed E-state index contributed by atoms with van der Waals surface area (Å²) in [7, 11) is -3.69. The summed E-state index contributed by atoms with van der Waals surface area (Å²) in [6.45, 7) is 1.68. The minimum atomic E-state index is -3.69. The predicted molar refractivity (Wildman–Crippen MR) is 108 cm³/mol. The van der Waals surface area contributed by atoms with Gasteiger partial charge in [0.15, 0.2) is 9.84 Å². The summed E-state index contributed by atoms with van der Waals surface area (Å²) in [4.78, 5) is 11.5. The van der Waals surface area contributed by atoms with Gasteiger partial charge in [0.1, 0.15) is 11.9 Å². The molecular weight excluding hydrogens is 417 g/mol. The average molecular weight is 436 g/mol. The fourth-order valence-electron chi connectivity index (χ4n) is 4.08. The molecule has 0 N–H and O–H groups in total. The molecule has 0 bridgehead atoms. The summed E-state index contributed by atoms with van der Waals surface area (Å²) >= 11 is 5.98. The number of esters is 1. The number of ether oxygens (including phenoxy) is 1. The van der Waals surface area contributed by atoms with E-state index < -0.39 is 27.7 Å². The lowest BCUT2D eigenvalue weighted by Gasteiger charge is -2.18. The van der Waals surface area contributed by atoms with E-state index in [0.717, 1.165) is 29.1 Å². The van der Waals surface area contributed by atoms with Gasteiger partial charge in [0.25, 0.3) is 0 Å². The molecule has 0 fully saturated rings. The maximum atomic E-state index is 14.3. The van der Waals surface area contributed by atoms with Crippen molar-refractivity contribution in [2.45, 2.75) is 37.3 Å². The highest BCUT2D eigenvalue weighted by molar-refractivity contribution is 7.91. The first-order chi connectivity index (χ1) is 13.6. The second-order valence-corrected chi connectivity index (χ2v) is 9.71. The number of sulfone groups is 1. The van der Waals surface area contributed by atoms with Crippen LogP contribution in [-0.2, 0) is 32.3 Å². The fraction of sp³-hybridized carbons (Fsp3) is 0.286. The fourth-order valence-corrected chi connectivity index (χ4v) is 5.11. The number of aromatic nitrogens is 1. The lowest BCUT2D eigenvalue weighted by Crippen LogP contribution is -2.13. The second-order valence-electron chi connectivity index (χ2n) is 7.29. The molecule has 1 atom stereocenters. The zero-order valence-electron chi connectivity index (χ0n) is 15.9. The molecule has 5 nitrogen and oxygen atoms in total. The summed E-state index contributed by atoms with van der Waals surface area (Å²) in [6.07, 6.45) is 1.71. The van der Waals surface area contributed by atoms with Crippen LogP contribution >= 0.6 is 11.6 Å². The Morgan fingerprint density at radius 2 is 1.97 bits per heavy atom. The monoisotopic (exact) mass is 435 g/mol. The first-order valence-electron chi connectivity index (χ1n) is 9.11. The Labute approximate surface area is 173 Å². The number of rotatable bonds is 4. The Kier molecular flexibility index (Phi) is 4.91. The van der Waals surface area contributed by atoms with Crippen molar-refractivity contribution in [3.05, 3.63) is 64.1 Å². The van der Waals surface area contributed by atoms with E-state index in [9.17, 15) is 17.6 Å².